The Labute approximate surface area is 152 Å². The van der Waals surface area contributed by atoms with Gasteiger partial charge in [0, 0.05) is 19.8 Å². The standard InChI is InChI=1S/C23H20O3/c1-25-23(26-2)20-14-16-9-4-6-12-18(16)21(22(20)24)19-13-7-10-15-8-3-5-11-17(15)19/h3-14,23-24H,1-2H3. The average Bonchev–Trinajstić information content (AvgIpc) is 2.69. The molecule has 0 saturated heterocycles. The van der Waals surface area contributed by atoms with Crippen LogP contribution >= 0.6 is 0 Å². The predicted molar refractivity (Wildman–Crippen MR) is 105 cm³/mol. The van der Waals surface area contributed by atoms with Crippen LogP contribution in [0.4, 0.5) is 0 Å². The van der Waals surface area contributed by atoms with Crippen molar-refractivity contribution in [3.05, 3.63) is 78.4 Å². The molecular weight excluding hydrogens is 324 g/mol. The van der Waals surface area contributed by atoms with Crippen LogP contribution in [0.1, 0.15) is 11.9 Å². The first-order valence-corrected chi connectivity index (χ1v) is 8.53. The lowest BCUT2D eigenvalue weighted by molar-refractivity contribution is -0.106. The van der Waals surface area contributed by atoms with E-state index in [0.29, 0.717) is 5.56 Å². The van der Waals surface area contributed by atoms with Crippen molar-refractivity contribution in [2.75, 3.05) is 14.2 Å². The second-order valence-corrected chi connectivity index (χ2v) is 6.24. The summed E-state index contributed by atoms with van der Waals surface area (Å²) in [6, 6.07) is 24.3. The van der Waals surface area contributed by atoms with Crippen LogP contribution in [0.5, 0.6) is 5.75 Å². The van der Waals surface area contributed by atoms with Crippen LogP contribution in [0.3, 0.4) is 0 Å². The molecule has 0 unspecified atom stereocenters. The van der Waals surface area contributed by atoms with Crippen LogP contribution in [-0.2, 0) is 9.47 Å². The molecule has 4 aromatic carbocycles. The van der Waals surface area contributed by atoms with Crippen LogP contribution < -0.4 is 0 Å². The smallest absolute Gasteiger partial charge is 0.186 e. The maximum absolute atomic E-state index is 11.2. The Morgan fingerprint density at radius 1 is 0.731 bits per heavy atom. The largest absolute Gasteiger partial charge is 0.507 e. The summed E-state index contributed by atoms with van der Waals surface area (Å²) < 4.78 is 10.8. The number of hydrogen-bond acceptors (Lipinski definition) is 3. The first kappa shape index (κ1) is 16.6. The van der Waals surface area contributed by atoms with E-state index in [9.17, 15) is 5.11 Å². The van der Waals surface area contributed by atoms with Crippen molar-refractivity contribution in [3.8, 4) is 16.9 Å². The average molecular weight is 344 g/mol. The number of phenols is 1. The number of phenolic OH excluding ortho intramolecular Hbond substituents is 1. The van der Waals surface area contributed by atoms with Gasteiger partial charge < -0.3 is 14.6 Å². The molecule has 0 amide bonds. The van der Waals surface area contributed by atoms with Crippen molar-refractivity contribution in [3.63, 3.8) is 0 Å². The number of aromatic hydroxyl groups is 1. The zero-order chi connectivity index (χ0) is 18.1. The van der Waals surface area contributed by atoms with E-state index in [4.69, 9.17) is 9.47 Å². The number of methoxy groups -OCH3 is 2. The molecule has 4 rings (SSSR count). The Bertz CT molecular complexity index is 1080. The molecule has 0 saturated carbocycles. The van der Waals surface area contributed by atoms with E-state index in [2.05, 4.69) is 18.2 Å². The fraction of sp³-hybridized carbons (Fsp3) is 0.130. The van der Waals surface area contributed by atoms with Crippen LogP contribution in [0.25, 0.3) is 32.7 Å². The summed E-state index contributed by atoms with van der Waals surface area (Å²) in [6.45, 7) is 0. The van der Waals surface area contributed by atoms with Crippen molar-refractivity contribution < 1.29 is 14.6 Å². The minimum absolute atomic E-state index is 0.189. The summed E-state index contributed by atoms with van der Waals surface area (Å²) in [5.74, 6) is 0.189. The van der Waals surface area contributed by atoms with E-state index >= 15 is 0 Å². The summed E-state index contributed by atoms with van der Waals surface area (Å²) >= 11 is 0. The lowest BCUT2D eigenvalue weighted by atomic mass is 9.91. The minimum Gasteiger partial charge on any atom is -0.507 e. The third-order valence-electron chi connectivity index (χ3n) is 4.79. The van der Waals surface area contributed by atoms with E-state index in [0.717, 1.165) is 32.7 Å². The fourth-order valence-electron chi connectivity index (χ4n) is 3.60. The first-order chi connectivity index (χ1) is 12.7. The van der Waals surface area contributed by atoms with Gasteiger partial charge in [-0.15, -0.1) is 0 Å². The van der Waals surface area contributed by atoms with Gasteiger partial charge in [-0.25, -0.2) is 0 Å². The van der Waals surface area contributed by atoms with Crippen LogP contribution in [0, 0.1) is 0 Å². The Hall–Kier alpha value is -2.88. The first-order valence-electron chi connectivity index (χ1n) is 8.53. The quantitative estimate of drug-likeness (QED) is 0.486. The highest BCUT2D eigenvalue weighted by atomic mass is 16.7. The molecule has 26 heavy (non-hydrogen) atoms. The van der Waals surface area contributed by atoms with Gasteiger partial charge in [-0.1, -0.05) is 66.7 Å². The molecule has 0 bridgehead atoms. The van der Waals surface area contributed by atoms with Gasteiger partial charge in [-0.3, -0.25) is 0 Å². The number of hydrogen-bond donors (Lipinski definition) is 1. The van der Waals surface area contributed by atoms with Crippen LogP contribution in [-0.4, -0.2) is 19.3 Å². The van der Waals surface area contributed by atoms with Gasteiger partial charge >= 0.3 is 0 Å². The van der Waals surface area contributed by atoms with Crippen molar-refractivity contribution in [2.24, 2.45) is 0 Å². The fourth-order valence-corrected chi connectivity index (χ4v) is 3.60. The molecule has 0 aliphatic rings. The van der Waals surface area contributed by atoms with Crippen molar-refractivity contribution in [1.82, 2.24) is 0 Å². The summed E-state index contributed by atoms with van der Waals surface area (Å²) in [7, 11) is 3.14. The molecule has 3 nitrogen and oxygen atoms in total. The highest BCUT2D eigenvalue weighted by Gasteiger charge is 2.21. The molecule has 0 fully saturated rings. The molecule has 0 radical (unpaired) electrons. The molecule has 0 aromatic heterocycles. The van der Waals surface area contributed by atoms with Gasteiger partial charge in [0.15, 0.2) is 6.29 Å². The van der Waals surface area contributed by atoms with Crippen molar-refractivity contribution in [2.45, 2.75) is 6.29 Å². The Morgan fingerprint density at radius 2 is 1.35 bits per heavy atom. The van der Waals surface area contributed by atoms with Gasteiger partial charge in [0.1, 0.15) is 5.75 Å². The number of fused-ring (bicyclic) bond motifs is 2. The summed E-state index contributed by atoms with van der Waals surface area (Å²) in [5, 5.41) is 15.4. The maximum atomic E-state index is 11.2. The molecule has 0 atom stereocenters. The van der Waals surface area contributed by atoms with Crippen molar-refractivity contribution >= 4 is 21.5 Å². The lowest BCUT2D eigenvalue weighted by Crippen LogP contribution is -2.05. The summed E-state index contributed by atoms with van der Waals surface area (Å²) in [5.41, 5.74) is 2.41. The van der Waals surface area contributed by atoms with E-state index in [-0.39, 0.29) is 5.75 Å². The molecule has 3 heteroatoms. The topological polar surface area (TPSA) is 38.7 Å². The minimum atomic E-state index is -0.631. The highest BCUT2D eigenvalue weighted by molar-refractivity contribution is 6.08. The molecule has 4 aromatic rings. The number of rotatable bonds is 4. The molecule has 1 N–H and O–H groups in total. The lowest BCUT2D eigenvalue weighted by Gasteiger charge is -2.20. The molecule has 0 aliphatic heterocycles. The van der Waals surface area contributed by atoms with Gasteiger partial charge in [-0.05, 0) is 33.2 Å². The zero-order valence-corrected chi connectivity index (χ0v) is 14.8. The Kier molecular flexibility index (Phi) is 4.33. The van der Waals surface area contributed by atoms with Crippen LogP contribution in [0.2, 0.25) is 0 Å². The number of benzene rings is 4. The third-order valence-corrected chi connectivity index (χ3v) is 4.79. The molecule has 0 spiro atoms. The van der Waals surface area contributed by atoms with Gasteiger partial charge in [0.25, 0.3) is 0 Å². The molecule has 130 valence electrons. The summed E-state index contributed by atoms with van der Waals surface area (Å²) in [4.78, 5) is 0. The normalized spacial score (nSPS) is 11.5. The number of ether oxygens (including phenoxy) is 2. The predicted octanol–water partition coefficient (Wildman–Crippen LogP) is 5.66. The second kappa shape index (κ2) is 6.79. The van der Waals surface area contributed by atoms with Crippen molar-refractivity contribution in [1.29, 1.82) is 0 Å². The zero-order valence-electron chi connectivity index (χ0n) is 14.8. The van der Waals surface area contributed by atoms with Gasteiger partial charge in [-0.2, -0.15) is 0 Å². The second-order valence-electron chi connectivity index (χ2n) is 6.24. The van der Waals surface area contributed by atoms with E-state index in [1.54, 1.807) is 14.2 Å². The maximum Gasteiger partial charge on any atom is 0.186 e. The SMILES string of the molecule is COC(OC)c1cc2ccccc2c(-c2cccc3ccccc23)c1O. The third kappa shape index (κ3) is 2.62. The monoisotopic (exact) mass is 344 g/mol. The molecule has 0 heterocycles. The van der Waals surface area contributed by atoms with E-state index < -0.39 is 6.29 Å². The highest BCUT2D eigenvalue weighted by Crippen LogP contribution is 2.44. The van der Waals surface area contributed by atoms with Gasteiger partial charge in [0.05, 0.1) is 5.56 Å². The molecular formula is C23H20O3. The summed E-state index contributed by atoms with van der Waals surface area (Å²) in [6.07, 6.45) is -0.631. The van der Waals surface area contributed by atoms with E-state index in [1.165, 1.54) is 0 Å². The Balaban J connectivity index is 2.12. The molecule has 0 aliphatic carbocycles. The van der Waals surface area contributed by atoms with Gasteiger partial charge in [0.2, 0.25) is 0 Å². The van der Waals surface area contributed by atoms with Crippen LogP contribution in [0.15, 0.2) is 72.8 Å². The Morgan fingerprint density at radius 3 is 2.08 bits per heavy atom. The van der Waals surface area contributed by atoms with E-state index in [1.807, 2.05) is 54.6 Å².